The molecule has 16 heavy (non-hydrogen) atoms. The second-order valence-corrected chi connectivity index (χ2v) is 3.53. The number of carbonyl (C=O) groups is 1. The van der Waals surface area contributed by atoms with Gasteiger partial charge >= 0.3 is 0 Å². The lowest BCUT2D eigenvalue weighted by Crippen LogP contribution is -2.06. The average Bonchev–Trinajstić information content (AvgIpc) is 2.29. The van der Waals surface area contributed by atoms with Gasteiger partial charge in [0.25, 0.3) is 0 Å². The summed E-state index contributed by atoms with van der Waals surface area (Å²) < 4.78 is 13.5. The standard InChI is InChI=1S/C13H10FNO/c1-9-5-6-10(11(14)8-9)13(16)12-4-2-3-7-15-12/h2-8H,1H3. The molecule has 1 aromatic carbocycles. The van der Waals surface area contributed by atoms with Crippen molar-refractivity contribution < 1.29 is 9.18 Å². The van der Waals surface area contributed by atoms with Crippen molar-refractivity contribution in [1.29, 1.82) is 0 Å². The Hall–Kier alpha value is -2.03. The molecule has 0 amide bonds. The molecule has 80 valence electrons. The number of halogens is 1. The number of hydrogen-bond donors (Lipinski definition) is 0. The van der Waals surface area contributed by atoms with Gasteiger partial charge in [-0.2, -0.15) is 0 Å². The second-order valence-electron chi connectivity index (χ2n) is 3.53. The van der Waals surface area contributed by atoms with Crippen molar-refractivity contribution in [3.63, 3.8) is 0 Å². The lowest BCUT2D eigenvalue weighted by Gasteiger charge is -2.02. The predicted octanol–water partition coefficient (Wildman–Crippen LogP) is 2.76. The summed E-state index contributed by atoms with van der Waals surface area (Å²) in [5, 5.41) is 0. The summed E-state index contributed by atoms with van der Waals surface area (Å²) in [6.45, 7) is 1.78. The first-order chi connectivity index (χ1) is 7.68. The maximum Gasteiger partial charge on any atom is 0.214 e. The van der Waals surface area contributed by atoms with Crippen LogP contribution in [0.4, 0.5) is 4.39 Å². The third-order valence-electron chi connectivity index (χ3n) is 2.27. The van der Waals surface area contributed by atoms with E-state index >= 15 is 0 Å². The Morgan fingerprint density at radius 1 is 1.25 bits per heavy atom. The number of pyridine rings is 1. The van der Waals surface area contributed by atoms with Gasteiger partial charge in [0, 0.05) is 6.20 Å². The normalized spacial score (nSPS) is 10.1. The van der Waals surface area contributed by atoms with Crippen LogP contribution in [0.2, 0.25) is 0 Å². The molecule has 0 N–H and O–H groups in total. The molecule has 0 radical (unpaired) electrons. The van der Waals surface area contributed by atoms with E-state index in [2.05, 4.69) is 4.98 Å². The van der Waals surface area contributed by atoms with Gasteiger partial charge in [-0.15, -0.1) is 0 Å². The Labute approximate surface area is 92.8 Å². The van der Waals surface area contributed by atoms with Crippen LogP contribution in [-0.4, -0.2) is 10.8 Å². The fourth-order valence-corrected chi connectivity index (χ4v) is 1.44. The Morgan fingerprint density at radius 2 is 2.06 bits per heavy atom. The van der Waals surface area contributed by atoms with Gasteiger partial charge in [0.2, 0.25) is 5.78 Å². The summed E-state index contributed by atoms with van der Waals surface area (Å²) >= 11 is 0. The second kappa shape index (κ2) is 4.23. The maximum absolute atomic E-state index is 13.5. The quantitative estimate of drug-likeness (QED) is 0.721. The number of aromatic nitrogens is 1. The number of nitrogens with zero attached hydrogens (tertiary/aromatic N) is 1. The monoisotopic (exact) mass is 215 g/mol. The van der Waals surface area contributed by atoms with Gasteiger partial charge in [0.05, 0.1) is 5.56 Å². The third-order valence-corrected chi connectivity index (χ3v) is 2.27. The highest BCUT2D eigenvalue weighted by Crippen LogP contribution is 2.13. The maximum atomic E-state index is 13.5. The van der Waals surface area contributed by atoms with Crippen molar-refractivity contribution in [1.82, 2.24) is 4.98 Å². The zero-order valence-electron chi connectivity index (χ0n) is 8.77. The molecule has 0 saturated heterocycles. The molecule has 1 heterocycles. The van der Waals surface area contributed by atoms with Gasteiger partial charge in [-0.25, -0.2) is 4.39 Å². The van der Waals surface area contributed by atoms with E-state index in [9.17, 15) is 9.18 Å². The molecule has 2 rings (SSSR count). The highest BCUT2D eigenvalue weighted by Gasteiger charge is 2.14. The first-order valence-electron chi connectivity index (χ1n) is 4.90. The van der Waals surface area contributed by atoms with Crippen LogP contribution >= 0.6 is 0 Å². The largest absolute Gasteiger partial charge is 0.287 e. The minimum atomic E-state index is -0.504. The molecule has 0 unspecified atom stereocenters. The van der Waals surface area contributed by atoms with Gasteiger partial charge in [-0.3, -0.25) is 9.78 Å². The SMILES string of the molecule is Cc1ccc(C(=O)c2ccccn2)c(F)c1. The molecule has 0 aliphatic carbocycles. The van der Waals surface area contributed by atoms with E-state index in [0.717, 1.165) is 5.56 Å². The van der Waals surface area contributed by atoms with Gasteiger partial charge in [0.15, 0.2) is 0 Å². The molecule has 2 nitrogen and oxygen atoms in total. The lowest BCUT2D eigenvalue weighted by molar-refractivity contribution is 0.103. The van der Waals surface area contributed by atoms with Crippen molar-refractivity contribution in [3.8, 4) is 0 Å². The molecule has 2 aromatic rings. The number of rotatable bonds is 2. The fourth-order valence-electron chi connectivity index (χ4n) is 1.44. The van der Waals surface area contributed by atoms with E-state index in [1.807, 2.05) is 0 Å². The summed E-state index contributed by atoms with van der Waals surface area (Å²) in [6.07, 6.45) is 1.51. The van der Waals surface area contributed by atoms with Gasteiger partial charge in [-0.1, -0.05) is 12.1 Å². The van der Waals surface area contributed by atoms with Crippen LogP contribution in [0.3, 0.4) is 0 Å². The average molecular weight is 215 g/mol. The number of ketones is 1. The Balaban J connectivity index is 2.42. The fraction of sp³-hybridized carbons (Fsp3) is 0.0769. The first kappa shape index (κ1) is 10.5. The van der Waals surface area contributed by atoms with E-state index in [4.69, 9.17) is 0 Å². The van der Waals surface area contributed by atoms with Crippen LogP contribution in [-0.2, 0) is 0 Å². The molecule has 0 spiro atoms. The van der Waals surface area contributed by atoms with Crippen LogP contribution in [0.1, 0.15) is 21.6 Å². The summed E-state index contributed by atoms with van der Waals surface area (Å²) in [5.74, 6) is -0.895. The van der Waals surface area contributed by atoms with Crippen molar-refractivity contribution in [2.45, 2.75) is 6.92 Å². The van der Waals surface area contributed by atoms with Crippen molar-refractivity contribution in [2.24, 2.45) is 0 Å². The molecule has 0 aliphatic heterocycles. The van der Waals surface area contributed by atoms with Crippen LogP contribution in [0.25, 0.3) is 0 Å². The molecule has 0 fully saturated rings. The van der Waals surface area contributed by atoms with Gasteiger partial charge in [-0.05, 0) is 36.8 Å². The molecular formula is C13H10FNO. The van der Waals surface area contributed by atoms with E-state index in [-0.39, 0.29) is 11.3 Å². The Morgan fingerprint density at radius 3 is 2.69 bits per heavy atom. The number of hydrogen-bond acceptors (Lipinski definition) is 2. The molecule has 0 aliphatic rings. The molecule has 0 bridgehead atoms. The third kappa shape index (κ3) is 1.98. The van der Waals surface area contributed by atoms with Crippen molar-refractivity contribution in [2.75, 3.05) is 0 Å². The number of aryl methyl sites for hydroxylation is 1. The predicted molar refractivity (Wildman–Crippen MR) is 58.8 cm³/mol. The van der Waals surface area contributed by atoms with Crippen LogP contribution in [0.15, 0.2) is 42.6 Å². The lowest BCUT2D eigenvalue weighted by atomic mass is 10.1. The van der Waals surface area contributed by atoms with Crippen LogP contribution < -0.4 is 0 Å². The van der Waals surface area contributed by atoms with E-state index in [1.165, 1.54) is 18.3 Å². The van der Waals surface area contributed by atoms with Gasteiger partial charge in [0.1, 0.15) is 11.5 Å². The minimum absolute atomic E-state index is 0.0595. The summed E-state index contributed by atoms with van der Waals surface area (Å²) in [6, 6.07) is 9.52. The van der Waals surface area contributed by atoms with E-state index in [0.29, 0.717) is 0 Å². The van der Waals surface area contributed by atoms with Crippen molar-refractivity contribution >= 4 is 5.78 Å². The summed E-state index contributed by atoms with van der Waals surface area (Å²) in [7, 11) is 0. The van der Waals surface area contributed by atoms with Crippen LogP contribution in [0, 0.1) is 12.7 Å². The zero-order valence-corrected chi connectivity index (χ0v) is 8.77. The van der Waals surface area contributed by atoms with Crippen molar-refractivity contribution in [3.05, 3.63) is 65.2 Å². The summed E-state index contributed by atoms with van der Waals surface area (Å²) in [5.41, 5.74) is 1.10. The topological polar surface area (TPSA) is 30.0 Å². The van der Waals surface area contributed by atoms with Crippen LogP contribution in [0.5, 0.6) is 0 Å². The first-order valence-corrected chi connectivity index (χ1v) is 4.90. The number of benzene rings is 1. The highest BCUT2D eigenvalue weighted by molar-refractivity contribution is 6.07. The zero-order chi connectivity index (χ0) is 11.5. The molecule has 1 aromatic heterocycles. The molecule has 0 atom stereocenters. The van der Waals surface area contributed by atoms with Gasteiger partial charge < -0.3 is 0 Å². The summed E-state index contributed by atoms with van der Waals surface area (Å²) in [4.78, 5) is 15.8. The van der Waals surface area contributed by atoms with E-state index in [1.54, 1.807) is 31.2 Å². The number of carbonyl (C=O) groups excluding carboxylic acids is 1. The Bertz CT molecular complexity index is 523. The molecule has 3 heteroatoms. The minimum Gasteiger partial charge on any atom is -0.287 e. The van der Waals surface area contributed by atoms with E-state index < -0.39 is 11.6 Å². The molecule has 0 saturated carbocycles. The Kier molecular flexibility index (Phi) is 2.77. The highest BCUT2D eigenvalue weighted by atomic mass is 19.1. The smallest absolute Gasteiger partial charge is 0.214 e. The molecular weight excluding hydrogens is 205 g/mol.